The summed E-state index contributed by atoms with van der Waals surface area (Å²) in [5.41, 5.74) is 0. The summed E-state index contributed by atoms with van der Waals surface area (Å²) in [6, 6.07) is 2.14. The van der Waals surface area contributed by atoms with E-state index in [4.69, 9.17) is 23.2 Å². The summed E-state index contributed by atoms with van der Waals surface area (Å²) in [7, 11) is 0. The van der Waals surface area contributed by atoms with Crippen molar-refractivity contribution in [1.82, 2.24) is 4.98 Å². The SMILES string of the molecule is CCNc1nc(N(CCO)C2CCC2)c(Cl)cc1Cl. The topological polar surface area (TPSA) is 48.4 Å². The lowest BCUT2D eigenvalue weighted by Crippen LogP contribution is -2.42. The highest BCUT2D eigenvalue weighted by atomic mass is 35.5. The lowest BCUT2D eigenvalue weighted by Gasteiger charge is -2.38. The number of nitrogens with zero attached hydrogens (tertiary/aromatic N) is 2. The van der Waals surface area contributed by atoms with Gasteiger partial charge in [-0.15, -0.1) is 0 Å². The highest BCUT2D eigenvalue weighted by molar-refractivity contribution is 6.37. The minimum Gasteiger partial charge on any atom is -0.395 e. The van der Waals surface area contributed by atoms with E-state index in [-0.39, 0.29) is 6.61 Å². The van der Waals surface area contributed by atoms with Crippen molar-refractivity contribution in [3.63, 3.8) is 0 Å². The first-order valence-electron chi connectivity index (χ1n) is 6.64. The molecular formula is C13H19Cl2N3O. The Kier molecular flexibility index (Phi) is 5.13. The summed E-state index contributed by atoms with van der Waals surface area (Å²) < 4.78 is 0. The maximum Gasteiger partial charge on any atom is 0.150 e. The third kappa shape index (κ3) is 3.25. The van der Waals surface area contributed by atoms with Crippen LogP contribution in [0.2, 0.25) is 10.0 Å². The van der Waals surface area contributed by atoms with Crippen LogP contribution >= 0.6 is 23.2 Å². The Morgan fingerprint density at radius 2 is 2.16 bits per heavy atom. The highest BCUT2D eigenvalue weighted by Crippen LogP contribution is 2.36. The summed E-state index contributed by atoms with van der Waals surface area (Å²) >= 11 is 12.4. The molecule has 0 bridgehead atoms. The number of nitrogens with one attached hydrogen (secondary N) is 1. The van der Waals surface area contributed by atoms with Crippen LogP contribution in [0.3, 0.4) is 0 Å². The summed E-state index contributed by atoms with van der Waals surface area (Å²) in [4.78, 5) is 6.61. The Morgan fingerprint density at radius 1 is 1.42 bits per heavy atom. The van der Waals surface area contributed by atoms with Gasteiger partial charge in [-0.3, -0.25) is 0 Å². The third-order valence-electron chi connectivity index (χ3n) is 3.38. The lowest BCUT2D eigenvalue weighted by atomic mass is 9.91. The summed E-state index contributed by atoms with van der Waals surface area (Å²) in [5.74, 6) is 1.35. The van der Waals surface area contributed by atoms with Crippen LogP contribution < -0.4 is 10.2 Å². The van der Waals surface area contributed by atoms with Crippen molar-refractivity contribution in [3.8, 4) is 0 Å². The molecule has 0 unspecified atom stereocenters. The molecule has 0 saturated heterocycles. The molecular weight excluding hydrogens is 285 g/mol. The van der Waals surface area contributed by atoms with E-state index in [1.807, 2.05) is 6.92 Å². The molecule has 6 heteroatoms. The van der Waals surface area contributed by atoms with Gasteiger partial charge in [-0.25, -0.2) is 4.98 Å². The van der Waals surface area contributed by atoms with Gasteiger partial charge in [0, 0.05) is 19.1 Å². The average Bonchev–Trinajstić information content (AvgIpc) is 2.30. The van der Waals surface area contributed by atoms with Crippen molar-refractivity contribution in [1.29, 1.82) is 0 Å². The maximum atomic E-state index is 9.23. The minimum absolute atomic E-state index is 0.0909. The Morgan fingerprint density at radius 3 is 2.68 bits per heavy atom. The molecule has 1 fully saturated rings. The fourth-order valence-electron chi connectivity index (χ4n) is 2.22. The van der Waals surface area contributed by atoms with Crippen LogP contribution in [0.1, 0.15) is 26.2 Å². The number of aliphatic hydroxyl groups is 1. The Bertz CT molecular complexity index is 438. The Hall–Kier alpha value is -0.710. The van der Waals surface area contributed by atoms with Crippen molar-refractivity contribution in [2.24, 2.45) is 0 Å². The molecule has 0 radical (unpaired) electrons. The fraction of sp³-hybridized carbons (Fsp3) is 0.615. The largest absolute Gasteiger partial charge is 0.395 e. The quantitative estimate of drug-likeness (QED) is 0.847. The monoisotopic (exact) mass is 303 g/mol. The van der Waals surface area contributed by atoms with E-state index in [0.29, 0.717) is 34.3 Å². The molecule has 4 nitrogen and oxygen atoms in total. The summed E-state index contributed by atoms with van der Waals surface area (Å²) in [5, 5.41) is 13.4. The van der Waals surface area contributed by atoms with E-state index in [1.165, 1.54) is 6.42 Å². The zero-order chi connectivity index (χ0) is 13.8. The molecule has 1 aliphatic carbocycles. The van der Waals surface area contributed by atoms with Gasteiger partial charge in [0.25, 0.3) is 0 Å². The Labute approximate surface area is 123 Å². The van der Waals surface area contributed by atoms with E-state index in [0.717, 1.165) is 19.4 Å². The predicted octanol–water partition coefficient (Wildman–Crippen LogP) is 3.17. The smallest absolute Gasteiger partial charge is 0.150 e. The molecule has 1 saturated carbocycles. The molecule has 0 atom stereocenters. The third-order valence-corrected chi connectivity index (χ3v) is 3.95. The van der Waals surface area contributed by atoms with Crippen molar-refractivity contribution in [2.45, 2.75) is 32.2 Å². The van der Waals surface area contributed by atoms with Crippen molar-refractivity contribution < 1.29 is 5.11 Å². The van der Waals surface area contributed by atoms with Crippen LogP contribution in [0.25, 0.3) is 0 Å². The van der Waals surface area contributed by atoms with Crippen LogP contribution in [-0.4, -0.2) is 35.8 Å². The van der Waals surface area contributed by atoms with Crippen LogP contribution in [0, 0.1) is 0 Å². The van der Waals surface area contributed by atoms with Gasteiger partial charge in [0.1, 0.15) is 11.6 Å². The predicted molar refractivity (Wildman–Crippen MR) is 80.5 cm³/mol. The van der Waals surface area contributed by atoms with Gasteiger partial charge in [0.05, 0.1) is 16.7 Å². The van der Waals surface area contributed by atoms with Gasteiger partial charge in [-0.1, -0.05) is 23.2 Å². The second-order valence-corrected chi connectivity index (χ2v) is 5.47. The van der Waals surface area contributed by atoms with Gasteiger partial charge in [-0.2, -0.15) is 0 Å². The molecule has 1 aromatic rings. The van der Waals surface area contributed by atoms with Gasteiger partial charge in [-0.05, 0) is 32.3 Å². The van der Waals surface area contributed by atoms with E-state index in [2.05, 4.69) is 15.2 Å². The zero-order valence-electron chi connectivity index (χ0n) is 11.0. The molecule has 2 rings (SSSR count). The number of hydrogen-bond donors (Lipinski definition) is 2. The Balaban J connectivity index is 2.31. The number of aliphatic hydroxyl groups excluding tert-OH is 1. The molecule has 0 amide bonds. The number of halogens is 2. The van der Waals surface area contributed by atoms with Crippen molar-refractivity contribution in [3.05, 3.63) is 16.1 Å². The molecule has 19 heavy (non-hydrogen) atoms. The highest BCUT2D eigenvalue weighted by Gasteiger charge is 2.27. The molecule has 1 aromatic heterocycles. The van der Waals surface area contributed by atoms with Gasteiger partial charge >= 0.3 is 0 Å². The second-order valence-electron chi connectivity index (χ2n) is 4.66. The molecule has 0 spiro atoms. The first kappa shape index (κ1) is 14.7. The zero-order valence-corrected chi connectivity index (χ0v) is 12.5. The van der Waals surface area contributed by atoms with E-state index >= 15 is 0 Å². The normalized spacial score (nSPS) is 15.2. The fourth-order valence-corrected chi connectivity index (χ4v) is 2.75. The van der Waals surface area contributed by atoms with Crippen molar-refractivity contribution in [2.75, 3.05) is 29.9 Å². The number of anilines is 2. The first-order valence-corrected chi connectivity index (χ1v) is 7.40. The average molecular weight is 304 g/mol. The van der Waals surface area contributed by atoms with Gasteiger partial charge < -0.3 is 15.3 Å². The molecule has 0 aliphatic heterocycles. The molecule has 1 heterocycles. The van der Waals surface area contributed by atoms with E-state index in [1.54, 1.807) is 6.07 Å². The summed E-state index contributed by atoms with van der Waals surface area (Å²) in [6.45, 7) is 3.37. The van der Waals surface area contributed by atoms with Crippen LogP contribution in [0.4, 0.5) is 11.6 Å². The number of aromatic nitrogens is 1. The number of pyridine rings is 1. The molecule has 2 N–H and O–H groups in total. The number of hydrogen-bond acceptors (Lipinski definition) is 4. The molecule has 0 aromatic carbocycles. The first-order chi connectivity index (χ1) is 9.17. The maximum absolute atomic E-state index is 9.23. The van der Waals surface area contributed by atoms with E-state index in [9.17, 15) is 5.11 Å². The standard InChI is InChI=1S/C13H19Cl2N3O/c1-2-16-12-10(14)8-11(15)13(17-12)18(6-7-19)9-4-3-5-9/h8-9,19H,2-7H2,1H3,(H,16,17). The van der Waals surface area contributed by atoms with Crippen LogP contribution in [0.15, 0.2) is 6.07 Å². The van der Waals surface area contributed by atoms with Crippen molar-refractivity contribution >= 4 is 34.8 Å². The second kappa shape index (κ2) is 6.64. The minimum atomic E-state index is 0.0909. The lowest BCUT2D eigenvalue weighted by molar-refractivity contribution is 0.283. The number of rotatable bonds is 6. The van der Waals surface area contributed by atoms with E-state index < -0.39 is 0 Å². The van der Waals surface area contributed by atoms with Gasteiger partial charge in [0.2, 0.25) is 0 Å². The van der Waals surface area contributed by atoms with Gasteiger partial charge in [0.15, 0.2) is 0 Å². The summed E-state index contributed by atoms with van der Waals surface area (Å²) in [6.07, 6.45) is 3.46. The van der Waals surface area contributed by atoms with Crippen LogP contribution in [0.5, 0.6) is 0 Å². The van der Waals surface area contributed by atoms with Crippen LogP contribution in [-0.2, 0) is 0 Å². The molecule has 106 valence electrons. The molecule has 1 aliphatic rings.